The summed E-state index contributed by atoms with van der Waals surface area (Å²) in [7, 11) is 2.77. The molecule has 0 heterocycles. The zero-order chi connectivity index (χ0) is 16.7. The van der Waals surface area contributed by atoms with E-state index in [1.54, 1.807) is 18.2 Å². The SMILES string of the molecule is COC=C(C(=O)OC)c1ccccc1COc1ccc(F)cc1. The molecule has 0 aliphatic carbocycles. The van der Waals surface area contributed by atoms with Crippen molar-refractivity contribution < 1.29 is 23.4 Å². The summed E-state index contributed by atoms with van der Waals surface area (Å²) in [5, 5.41) is 0. The second-order valence-electron chi connectivity index (χ2n) is 4.66. The minimum Gasteiger partial charge on any atom is -0.503 e. The number of methoxy groups -OCH3 is 2. The number of esters is 1. The van der Waals surface area contributed by atoms with Crippen molar-refractivity contribution in [1.29, 1.82) is 0 Å². The summed E-state index contributed by atoms with van der Waals surface area (Å²) in [5.74, 6) is -0.286. The molecule has 0 aliphatic heterocycles. The van der Waals surface area contributed by atoms with Crippen LogP contribution in [-0.2, 0) is 20.9 Å². The minimum atomic E-state index is -0.499. The average molecular weight is 316 g/mol. The van der Waals surface area contributed by atoms with E-state index in [1.807, 2.05) is 18.2 Å². The van der Waals surface area contributed by atoms with Gasteiger partial charge in [0.05, 0.1) is 20.5 Å². The third-order valence-electron chi connectivity index (χ3n) is 3.16. The zero-order valence-corrected chi connectivity index (χ0v) is 12.9. The van der Waals surface area contributed by atoms with E-state index >= 15 is 0 Å². The monoisotopic (exact) mass is 316 g/mol. The Labute approximate surface area is 134 Å². The first kappa shape index (κ1) is 16.5. The first-order valence-electron chi connectivity index (χ1n) is 6.93. The van der Waals surface area contributed by atoms with Gasteiger partial charge in [0.15, 0.2) is 0 Å². The quantitative estimate of drug-likeness (QED) is 0.464. The van der Waals surface area contributed by atoms with Gasteiger partial charge in [0.25, 0.3) is 0 Å². The van der Waals surface area contributed by atoms with Crippen molar-refractivity contribution in [3.8, 4) is 5.75 Å². The fraction of sp³-hybridized carbons (Fsp3) is 0.167. The van der Waals surface area contributed by atoms with Gasteiger partial charge < -0.3 is 14.2 Å². The molecular weight excluding hydrogens is 299 g/mol. The van der Waals surface area contributed by atoms with Gasteiger partial charge in [0, 0.05) is 0 Å². The molecular formula is C18H17FO4. The highest BCUT2D eigenvalue weighted by Crippen LogP contribution is 2.22. The van der Waals surface area contributed by atoms with Gasteiger partial charge in [-0.25, -0.2) is 9.18 Å². The van der Waals surface area contributed by atoms with Crippen molar-refractivity contribution in [3.05, 3.63) is 71.7 Å². The molecule has 4 nitrogen and oxygen atoms in total. The number of benzene rings is 2. The molecule has 0 radical (unpaired) electrons. The van der Waals surface area contributed by atoms with Gasteiger partial charge in [-0.2, -0.15) is 0 Å². The van der Waals surface area contributed by atoms with Crippen molar-refractivity contribution in [2.24, 2.45) is 0 Å². The van der Waals surface area contributed by atoms with Gasteiger partial charge in [0.1, 0.15) is 23.7 Å². The fourth-order valence-electron chi connectivity index (χ4n) is 2.05. The van der Waals surface area contributed by atoms with Gasteiger partial charge in [-0.1, -0.05) is 24.3 Å². The lowest BCUT2D eigenvalue weighted by atomic mass is 10.0. The normalized spacial score (nSPS) is 11.0. The van der Waals surface area contributed by atoms with Crippen LogP contribution in [0.4, 0.5) is 4.39 Å². The van der Waals surface area contributed by atoms with Gasteiger partial charge in [-0.15, -0.1) is 0 Å². The van der Waals surface area contributed by atoms with Crippen LogP contribution < -0.4 is 4.74 Å². The first-order valence-corrected chi connectivity index (χ1v) is 6.93. The summed E-state index contributed by atoms with van der Waals surface area (Å²) in [6.07, 6.45) is 1.34. The maximum Gasteiger partial charge on any atom is 0.341 e. The molecule has 0 fully saturated rings. The number of carbonyl (C=O) groups is 1. The molecule has 2 aromatic rings. The predicted octanol–water partition coefficient (Wildman–Crippen LogP) is 3.57. The van der Waals surface area contributed by atoms with Gasteiger partial charge in [-0.3, -0.25) is 0 Å². The summed E-state index contributed by atoms with van der Waals surface area (Å²) >= 11 is 0. The standard InChI is InChI=1S/C18H17FO4/c1-21-12-17(18(20)22-2)16-6-4-3-5-13(16)11-23-15-9-7-14(19)8-10-15/h3-10,12H,11H2,1-2H3. The number of halogens is 1. The molecule has 0 aromatic heterocycles. The van der Waals surface area contributed by atoms with E-state index in [0.717, 1.165) is 5.56 Å². The number of ether oxygens (including phenoxy) is 3. The largest absolute Gasteiger partial charge is 0.503 e. The van der Waals surface area contributed by atoms with Crippen molar-refractivity contribution in [3.63, 3.8) is 0 Å². The van der Waals surface area contributed by atoms with E-state index in [1.165, 1.54) is 32.6 Å². The molecule has 0 spiro atoms. The molecule has 23 heavy (non-hydrogen) atoms. The molecule has 0 unspecified atom stereocenters. The van der Waals surface area contributed by atoms with Crippen LogP contribution in [0.1, 0.15) is 11.1 Å². The Hall–Kier alpha value is -2.82. The molecule has 0 N–H and O–H groups in total. The summed E-state index contributed by atoms with van der Waals surface area (Å²) < 4.78 is 28.3. The van der Waals surface area contributed by atoms with E-state index in [9.17, 15) is 9.18 Å². The topological polar surface area (TPSA) is 44.8 Å². The van der Waals surface area contributed by atoms with Crippen LogP contribution in [0.25, 0.3) is 5.57 Å². The van der Waals surface area contributed by atoms with Crippen LogP contribution in [-0.4, -0.2) is 20.2 Å². The lowest BCUT2D eigenvalue weighted by molar-refractivity contribution is -0.133. The van der Waals surface area contributed by atoms with Gasteiger partial charge in [-0.05, 0) is 35.4 Å². The van der Waals surface area contributed by atoms with E-state index in [0.29, 0.717) is 16.9 Å². The van der Waals surface area contributed by atoms with Crippen LogP contribution in [0, 0.1) is 5.82 Å². The smallest absolute Gasteiger partial charge is 0.341 e. The Morgan fingerprint density at radius 3 is 2.43 bits per heavy atom. The molecule has 2 rings (SSSR count). The van der Waals surface area contributed by atoms with E-state index < -0.39 is 5.97 Å². The van der Waals surface area contributed by atoms with Gasteiger partial charge >= 0.3 is 5.97 Å². The summed E-state index contributed by atoms with van der Waals surface area (Å²) in [6, 6.07) is 13.0. The van der Waals surface area contributed by atoms with Crippen LogP contribution in [0.3, 0.4) is 0 Å². The van der Waals surface area contributed by atoms with E-state index in [-0.39, 0.29) is 12.4 Å². The molecule has 0 bridgehead atoms. The highest BCUT2D eigenvalue weighted by molar-refractivity contribution is 6.16. The predicted molar refractivity (Wildman–Crippen MR) is 84.2 cm³/mol. The number of hydrogen-bond acceptors (Lipinski definition) is 4. The number of hydrogen-bond donors (Lipinski definition) is 0. The molecule has 5 heteroatoms. The van der Waals surface area contributed by atoms with Crippen molar-refractivity contribution in [2.45, 2.75) is 6.61 Å². The molecule has 0 aliphatic rings. The molecule has 2 aromatic carbocycles. The second-order valence-corrected chi connectivity index (χ2v) is 4.66. The van der Waals surface area contributed by atoms with Crippen LogP contribution in [0.15, 0.2) is 54.8 Å². The van der Waals surface area contributed by atoms with Crippen molar-refractivity contribution in [2.75, 3.05) is 14.2 Å². The summed E-state index contributed by atoms with van der Waals surface area (Å²) in [5.41, 5.74) is 1.74. The first-order chi connectivity index (χ1) is 11.2. The van der Waals surface area contributed by atoms with Crippen LogP contribution in [0.2, 0.25) is 0 Å². The Morgan fingerprint density at radius 2 is 1.78 bits per heavy atom. The Morgan fingerprint density at radius 1 is 1.09 bits per heavy atom. The summed E-state index contributed by atoms with van der Waals surface area (Å²) in [4.78, 5) is 11.9. The van der Waals surface area contributed by atoms with Crippen molar-refractivity contribution in [1.82, 2.24) is 0 Å². The molecule has 0 saturated heterocycles. The maximum atomic E-state index is 12.9. The highest BCUT2D eigenvalue weighted by atomic mass is 19.1. The number of carbonyl (C=O) groups excluding carboxylic acids is 1. The van der Waals surface area contributed by atoms with Gasteiger partial charge in [0.2, 0.25) is 0 Å². The highest BCUT2D eigenvalue weighted by Gasteiger charge is 2.16. The molecule has 0 amide bonds. The zero-order valence-electron chi connectivity index (χ0n) is 12.9. The Balaban J connectivity index is 2.24. The lowest BCUT2D eigenvalue weighted by Gasteiger charge is -2.12. The minimum absolute atomic E-state index is 0.222. The fourth-order valence-corrected chi connectivity index (χ4v) is 2.05. The average Bonchev–Trinajstić information content (AvgIpc) is 2.59. The van der Waals surface area contributed by atoms with E-state index in [4.69, 9.17) is 14.2 Å². The van der Waals surface area contributed by atoms with Crippen LogP contribution in [0.5, 0.6) is 5.75 Å². The molecule has 0 atom stereocenters. The Bertz CT molecular complexity index is 692. The Kier molecular flexibility index (Phi) is 5.74. The lowest BCUT2D eigenvalue weighted by Crippen LogP contribution is -2.08. The molecule has 0 saturated carbocycles. The third-order valence-corrected chi connectivity index (χ3v) is 3.16. The van der Waals surface area contributed by atoms with Crippen molar-refractivity contribution >= 4 is 11.5 Å². The number of rotatable bonds is 6. The molecule has 120 valence electrons. The maximum absolute atomic E-state index is 12.9. The van der Waals surface area contributed by atoms with Crippen LogP contribution >= 0.6 is 0 Å². The second kappa shape index (κ2) is 7.98. The van der Waals surface area contributed by atoms with E-state index in [2.05, 4.69) is 0 Å². The third kappa shape index (κ3) is 4.32. The summed E-state index contributed by atoms with van der Waals surface area (Å²) in [6.45, 7) is 0.222.